The normalized spacial score (nSPS) is 12.8. The quantitative estimate of drug-likeness (QED) is 0.751. The molecule has 2 rings (SSSR count). The molecule has 1 aromatic carbocycles. The number of benzene rings is 1. The fourth-order valence-electron chi connectivity index (χ4n) is 2.43. The first-order chi connectivity index (χ1) is 12.1. The summed E-state index contributed by atoms with van der Waals surface area (Å²) in [5.74, 6) is 0.257. The number of carbonyl (C=O) groups is 1. The molecule has 1 heterocycles. The lowest BCUT2D eigenvalue weighted by Crippen LogP contribution is -2.39. The van der Waals surface area contributed by atoms with E-state index in [1.807, 2.05) is 32.0 Å². The molecule has 0 radical (unpaired) electrons. The number of hydrogen-bond acceptors (Lipinski definition) is 5. The zero-order chi connectivity index (χ0) is 19.5. The number of amides is 1. The summed E-state index contributed by atoms with van der Waals surface area (Å²) < 4.78 is 31.7. The van der Waals surface area contributed by atoms with Gasteiger partial charge in [0.05, 0.1) is 24.0 Å². The molecule has 0 bridgehead atoms. The molecule has 0 fully saturated rings. The Morgan fingerprint density at radius 2 is 2.04 bits per heavy atom. The number of likely N-dealkylation sites (N-methyl/N-ethyl adjacent to an activating group) is 1. The molecule has 0 saturated carbocycles. The van der Waals surface area contributed by atoms with E-state index in [0.717, 1.165) is 26.8 Å². The molecule has 142 valence electrons. The Morgan fingerprint density at radius 3 is 2.62 bits per heavy atom. The molecule has 0 aliphatic heterocycles. The average molecular weight is 417 g/mol. The lowest BCUT2D eigenvalue weighted by atomic mass is 10.0. The van der Waals surface area contributed by atoms with Gasteiger partial charge in [0.1, 0.15) is 9.96 Å². The number of methoxy groups -OCH3 is 1. The van der Waals surface area contributed by atoms with Crippen LogP contribution in [0, 0.1) is 6.92 Å². The van der Waals surface area contributed by atoms with Crippen molar-refractivity contribution in [3.63, 3.8) is 0 Å². The van der Waals surface area contributed by atoms with E-state index in [2.05, 4.69) is 5.32 Å². The number of ether oxygens (including phenoxy) is 1. The first kappa shape index (κ1) is 20.7. The summed E-state index contributed by atoms with van der Waals surface area (Å²) in [6.45, 7) is 3.48. The highest BCUT2D eigenvalue weighted by Gasteiger charge is 2.25. The highest BCUT2D eigenvalue weighted by molar-refractivity contribution is 7.91. The fraction of sp³-hybridized carbons (Fsp3) is 0.353. The standard InChI is InChI=1S/C17H21ClN2O4S2/c1-11-5-6-14(24-4)13(9-11)12(2)19-16(21)10-20(3)26(22,23)17-8-7-15(18)25-17/h5-9,12H,10H2,1-4H3,(H,19,21)/t12-/m0/s1. The van der Waals surface area contributed by atoms with E-state index in [1.165, 1.54) is 19.2 Å². The van der Waals surface area contributed by atoms with Gasteiger partial charge >= 0.3 is 0 Å². The number of rotatable bonds is 7. The van der Waals surface area contributed by atoms with Crippen LogP contribution < -0.4 is 10.1 Å². The van der Waals surface area contributed by atoms with Gasteiger partial charge in [0.15, 0.2) is 0 Å². The van der Waals surface area contributed by atoms with Gasteiger partial charge in [-0.1, -0.05) is 29.3 Å². The van der Waals surface area contributed by atoms with Gasteiger partial charge in [0, 0.05) is 12.6 Å². The third-order valence-electron chi connectivity index (χ3n) is 3.81. The Kier molecular flexibility index (Phi) is 6.68. The van der Waals surface area contributed by atoms with Crippen LogP contribution in [0.2, 0.25) is 4.34 Å². The van der Waals surface area contributed by atoms with Gasteiger partial charge in [-0.3, -0.25) is 4.79 Å². The number of aryl methyl sites for hydroxylation is 1. The maximum absolute atomic E-state index is 12.5. The van der Waals surface area contributed by atoms with Gasteiger partial charge in [-0.25, -0.2) is 8.42 Å². The number of thiophene rings is 1. The van der Waals surface area contributed by atoms with Gasteiger partial charge in [0.2, 0.25) is 5.91 Å². The lowest BCUT2D eigenvalue weighted by molar-refractivity contribution is -0.121. The van der Waals surface area contributed by atoms with Crippen LogP contribution in [0.1, 0.15) is 24.1 Å². The van der Waals surface area contributed by atoms with Crippen molar-refractivity contribution >= 4 is 38.9 Å². The molecular formula is C17H21ClN2O4S2. The Hall–Kier alpha value is -1.61. The van der Waals surface area contributed by atoms with Crippen molar-refractivity contribution in [3.05, 3.63) is 45.8 Å². The van der Waals surface area contributed by atoms with E-state index in [9.17, 15) is 13.2 Å². The molecule has 26 heavy (non-hydrogen) atoms. The van der Waals surface area contributed by atoms with Crippen LogP contribution in [-0.4, -0.2) is 39.3 Å². The third-order valence-corrected chi connectivity index (χ3v) is 7.31. The third kappa shape index (κ3) is 4.76. The molecule has 1 atom stereocenters. The van der Waals surface area contributed by atoms with Crippen LogP contribution in [0.4, 0.5) is 0 Å². The predicted molar refractivity (Wildman–Crippen MR) is 103 cm³/mol. The number of nitrogens with one attached hydrogen (secondary N) is 1. The van der Waals surface area contributed by atoms with Crippen molar-refractivity contribution in [2.24, 2.45) is 0 Å². The Morgan fingerprint density at radius 1 is 1.35 bits per heavy atom. The molecule has 0 saturated heterocycles. The summed E-state index contributed by atoms with van der Waals surface area (Å²) in [5, 5.41) is 2.81. The molecule has 2 aromatic rings. The lowest BCUT2D eigenvalue weighted by Gasteiger charge is -2.20. The van der Waals surface area contributed by atoms with Crippen molar-refractivity contribution in [3.8, 4) is 5.75 Å². The fourth-order valence-corrected chi connectivity index (χ4v) is 5.25. The zero-order valence-corrected chi connectivity index (χ0v) is 17.3. The van der Waals surface area contributed by atoms with Crippen LogP contribution in [0.15, 0.2) is 34.5 Å². The van der Waals surface area contributed by atoms with E-state index in [-0.39, 0.29) is 16.8 Å². The summed E-state index contributed by atoms with van der Waals surface area (Å²) in [6.07, 6.45) is 0. The van der Waals surface area contributed by atoms with Crippen LogP contribution in [0.5, 0.6) is 5.75 Å². The minimum absolute atomic E-state index is 0.103. The summed E-state index contributed by atoms with van der Waals surface area (Å²) in [5.41, 5.74) is 1.87. The first-order valence-electron chi connectivity index (χ1n) is 7.80. The molecule has 0 aliphatic rings. The maximum Gasteiger partial charge on any atom is 0.252 e. The zero-order valence-electron chi connectivity index (χ0n) is 14.9. The van der Waals surface area contributed by atoms with Gasteiger partial charge < -0.3 is 10.1 Å². The number of nitrogens with zero attached hydrogens (tertiary/aromatic N) is 1. The van der Waals surface area contributed by atoms with E-state index < -0.39 is 15.9 Å². The smallest absolute Gasteiger partial charge is 0.252 e. The second kappa shape index (κ2) is 8.39. The molecule has 1 amide bonds. The molecule has 9 heteroatoms. The van der Waals surface area contributed by atoms with Crippen LogP contribution in [0.25, 0.3) is 0 Å². The summed E-state index contributed by atoms with van der Waals surface area (Å²) in [6, 6.07) is 8.30. The monoisotopic (exact) mass is 416 g/mol. The topological polar surface area (TPSA) is 75.7 Å². The first-order valence-corrected chi connectivity index (χ1v) is 10.4. The molecule has 1 N–H and O–H groups in total. The van der Waals surface area contributed by atoms with E-state index in [1.54, 1.807) is 7.11 Å². The van der Waals surface area contributed by atoms with Crippen LogP contribution in [0.3, 0.4) is 0 Å². The second-order valence-electron chi connectivity index (χ2n) is 5.85. The van der Waals surface area contributed by atoms with Crippen molar-refractivity contribution < 1.29 is 17.9 Å². The van der Waals surface area contributed by atoms with Crippen LogP contribution >= 0.6 is 22.9 Å². The average Bonchev–Trinajstić information content (AvgIpc) is 3.01. The number of carbonyl (C=O) groups excluding carboxylic acids is 1. The Bertz CT molecular complexity index is 896. The Balaban J connectivity index is 2.07. The molecule has 0 spiro atoms. The van der Waals surface area contributed by atoms with Crippen molar-refractivity contribution in [2.45, 2.75) is 24.1 Å². The minimum Gasteiger partial charge on any atom is -0.496 e. The van der Waals surface area contributed by atoms with E-state index in [4.69, 9.17) is 16.3 Å². The molecule has 6 nitrogen and oxygen atoms in total. The predicted octanol–water partition coefficient (Wildman–Crippen LogP) is 3.22. The summed E-state index contributed by atoms with van der Waals surface area (Å²) in [7, 11) is -0.825. The molecule has 0 unspecified atom stereocenters. The number of halogens is 1. The van der Waals surface area contributed by atoms with Crippen molar-refractivity contribution in [1.82, 2.24) is 9.62 Å². The van der Waals surface area contributed by atoms with Crippen molar-refractivity contribution in [1.29, 1.82) is 0 Å². The van der Waals surface area contributed by atoms with Gasteiger partial charge in [0.25, 0.3) is 10.0 Å². The maximum atomic E-state index is 12.5. The highest BCUT2D eigenvalue weighted by atomic mass is 35.5. The minimum atomic E-state index is -3.75. The van der Waals surface area contributed by atoms with Crippen molar-refractivity contribution in [2.75, 3.05) is 20.7 Å². The van der Waals surface area contributed by atoms with Crippen LogP contribution in [-0.2, 0) is 14.8 Å². The number of sulfonamides is 1. The largest absolute Gasteiger partial charge is 0.496 e. The number of hydrogen-bond donors (Lipinski definition) is 1. The molecular weight excluding hydrogens is 396 g/mol. The van der Waals surface area contributed by atoms with Gasteiger partial charge in [-0.2, -0.15) is 4.31 Å². The van der Waals surface area contributed by atoms with E-state index in [0.29, 0.717) is 10.1 Å². The van der Waals surface area contributed by atoms with E-state index >= 15 is 0 Å². The van der Waals surface area contributed by atoms with Gasteiger partial charge in [-0.05, 0) is 32.0 Å². The molecule has 1 aromatic heterocycles. The highest BCUT2D eigenvalue weighted by Crippen LogP contribution is 2.28. The molecule has 0 aliphatic carbocycles. The summed E-state index contributed by atoms with van der Waals surface area (Å²) in [4.78, 5) is 12.3. The second-order valence-corrected chi connectivity index (χ2v) is 9.84. The Labute approximate surface area is 162 Å². The SMILES string of the molecule is COc1ccc(C)cc1[C@H](C)NC(=O)CN(C)S(=O)(=O)c1ccc(Cl)s1. The van der Waals surface area contributed by atoms with Gasteiger partial charge in [-0.15, -0.1) is 11.3 Å². The summed E-state index contributed by atoms with van der Waals surface area (Å²) >= 11 is 6.75.